The van der Waals surface area contributed by atoms with E-state index < -0.39 is 8.32 Å². The summed E-state index contributed by atoms with van der Waals surface area (Å²) >= 11 is 0. The summed E-state index contributed by atoms with van der Waals surface area (Å²) < 4.78 is 13.5. The quantitative estimate of drug-likeness (QED) is 0.290. The first-order valence-corrected chi connectivity index (χ1v) is 16.6. The van der Waals surface area contributed by atoms with Crippen molar-refractivity contribution < 1.29 is 24.2 Å². The third-order valence-corrected chi connectivity index (χ3v) is 10.1. The molecule has 4 rings (SSSR count). The van der Waals surface area contributed by atoms with Gasteiger partial charge in [-0.15, -0.1) is 5.10 Å². The maximum absolute atomic E-state index is 12.5. The molecule has 0 spiro atoms. The number of nitrogens with one attached hydrogen (secondary N) is 1. The van der Waals surface area contributed by atoms with Gasteiger partial charge in [-0.1, -0.05) is 24.3 Å². The number of carbonyl (C=O) groups excluding carboxylic acids is 1. The fourth-order valence-corrected chi connectivity index (χ4v) is 8.28. The van der Waals surface area contributed by atoms with Crippen LogP contribution in [0.25, 0.3) is 0 Å². The van der Waals surface area contributed by atoms with E-state index in [2.05, 4.69) is 22.6 Å². The number of ether oxygens (including phenoxy) is 2. The number of amides is 1. The van der Waals surface area contributed by atoms with Crippen LogP contribution in [0.15, 0.2) is 54.7 Å². The average molecular weight is 553 g/mol. The SMILES string of the molecule is COc1ccc(C(=O)Nc2ccc(CC[C@@H]3O[C@H](CCn4cc(CCO)nn4)[C@@H]([Si](C)(C)O)[C@@H]3C)cc2)cc1. The predicted molar refractivity (Wildman–Crippen MR) is 152 cm³/mol. The molecule has 4 atom stereocenters. The highest BCUT2D eigenvalue weighted by Crippen LogP contribution is 2.45. The largest absolute Gasteiger partial charge is 0.497 e. The predicted octanol–water partition coefficient (Wildman–Crippen LogP) is 4.07. The fourth-order valence-electron chi connectivity index (χ4n) is 5.63. The number of anilines is 1. The molecule has 2 aromatic carbocycles. The maximum Gasteiger partial charge on any atom is 0.255 e. The monoisotopic (exact) mass is 552 g/mol. The Hall–Kier alpha value is -3.05. The molecule has 1 aromatic heterocycles. The molecule has 39 heavy (non-hydrogen) atoms. The van der Waals surface area contributed by atoms with E-state index in [0.29, 0.717) is 24.3 Å². The molecule has 0 saturated carbocycles. The summed E-state index contributed by atoms with van der Waals surface area (Å²) in [4.78, 5) is 23.6. The van der Waals surface area contributed by atoms with Gasteiger partial charge in [0.1, 0.15) is 5.75 Å². The Morgan fingerprint density at radius 1 is 1.08 bits per heavy atom. The molecular formula is C29H40N4O5Si. The van der Waals surface area contributed by atoms with E-state index >= 15 is 0 Å². The van der Waals surface area contributed by atoms with Crippen molar-refractivity contribution in [2.75, 3.05) is 19.0 Å². The fraction of sp³-hybridized carbons (Fsp3) is 0.483. The van der Waals surface area contributed by atoms with E-state index in [9.17, 15) is 9.59 Å². The lowest BCUT2D eigenvalue weighted by atomic mass is 9.95. The lowest BCUT2D eigenvalue weighted by Crippen LogP contribution is -2.40. The molecule has 1 fully saturated rings. The minimum absolute atomic E-state index is 0.0299. The molecule has 0 unspecified atom stereocenters. The van der Waals surface area contributed by atoms with Crippen molar-refractivity contribution in [1.82, 2.24) is 15.0 Å². The summed E-state index contributed by atoms with van der Waals surface area (Å²) in [5.74, 6) is 0.800. The summed E-state index contributed by atoms with van der Waals surface area (Å²) in [6, 6.07) is 14.9. The Labute approximate surface area is 231 Å². The molecule has 1 aliphatic heterocycles. The van der Waals surface area contributed by atoms with E-state index in [1.807, 2.05) is 43.6 Å². The van der Waals surface area contributed by atoms with Crippen LogP contribution in [0.1, 0.15) is 41.4 Å². The molecule has 1 aliphatic rings. The van der Waals surface area contributed by atoms with Crippen molar-refractivity contribution >= 4 is 19.9 Å². The zero-order valence-electron chi connectivity index (χ0n) is 23.2. The molecule has 210 valence electrons. The topological polar surface area (TPSA) is 119 Å². The number of aliphatic hydroxyl groups is 1. The molecule has 1 amide bonds. The van der Waals surface area contributed by atoms with Crippen LogP contribution in [0.4, 0.5) is 5.69 Å². The zero-order chi connectivity index (χ0) is 28.0. The van der Waals surface area contributed by atoms with Crippen LogP contribution in [0.3, 0.4) is 0 Å². The molecule has 9 nitrogen and oxygen atoms in total. The van der Waals surface area contributed by atoms with Crippen LogP contribution in [-0.4, -0.2) is 65.0 Å². The number of hydrogen-bond donors (Lipinski definition) is 3. The van der Waals surface area contributed by atoms with Crippen molar-refractivity contribution in [3.05, 3.63) is 71.5 Å². The van der Waals surface area contributed by atoms with Gasteiger partial charge in [-0.05, 0) is 80.2 Å². The molecule has 0 radical (unpaired) electrons. The zero-order valence-corrected chi connectivity index (χ0v) is 24.2. The Morgan fingerprint density at radius 2 is 1.79 bits per heavy atom. The Bertz CT molecular complexity index is 1210. The van der Waals surface area contributed by atoms with Gasteiger partial charge in [0.15, 0.2) is 8.32 Å². The number of nitrogens with zero attached hydrogens (tertiary/aromatic N) is 3. The highest BCUT2D eigenvalue weighted by atomic mass is 28.4. The van der Waals surface area contributed by atoms with Crippen LogP contribution in [0.5, 0.6) is 5.75 Å². The van der Waals surface area contributed by atoms with Crippen molar-refractivity contribution in [3.8, 4) is 5.75 Å². The molecule has 0 bridgehead atoms. The summed E-state index contributed by atoms with van der Waals surface area (Å²) in [6.45, 7) is 6.92. The second-order valence-electron chi connectivity index (χ2n) is 10.9. The summed E-state index contributed by atoms with van der Waals surface area (Å²) in [6.07, 6.45) is 4.86. The van der Waals surface area contributed by atoms with Crippen molar-refractivity contribution in [3.63, 3.8) is 0 Å². The molecule has 2 heterocycles. The summed E-state index contributed by atoms with van der Waals surface area (Å²) in [7, 11) is -0.857. The number of aryl methyl sites for hydroxylation is 2. The number of rotatable bonds is 12. The van der Waals surface area contributed by atoms with E-state index in [1.54, 1.807) is 36.1 Å². The number of hydrogen-bond acceptors (Lipinski definition) is 7. The average Bonchev–Trinajstić information content (AvgIpc) is 3.50. The van der Waals surface area contributed by atoms with E-state index in [0.717, 1.165) is 30.6 Å². The summed E-state index contributed by atoms with van der Waals surface area (Å²) in [5.41, 5.74) is 3.40. The third kappa shape index (κ3) is 7.54. The molecule has 3 N–H and O–H groups in total. The van der Waals surface area contributed by atoms with E-state index in [4.69, 9.17) is 14.6 Å². The van der Waals surface area contributed by atoms with Gasteiger partial charge in [0.05, 0.1) is 25.0 Å². The molecular weight excluding hydrogens is 512 g/mol. The van der Waals surface area contributed by atoms with Gasteiger partial charge in [0.25, 0.3) is 5.91 Å². The number of methoxy groups -OCH3 is 1. The Kier molecular flexibility index (Phi) is 9.55. The van der Waals surface area contributed by atoms with Gasteiger partial charge in [-0.2, -0.15) is 0 Å². The highest BCUT2D eigenvalue weighted by Gasteiger charge is 2.49. The minimum Gasteiger partial charge on any atom is -0.497 e. The molecule has 10 heteroatoms. The third-order valence-electron chi connectivity index (χ3n) is 7.60. The lowest BCUT2D eigenvalue weighted by Gasteiger charge is -2.30. The smallest absolute Gasteiger partial charge is 0.255 e. The van der Waals surface area contributed by atoms with E-state index in [1.165, 1.54) is 5.56 Å². The first-order valence-electron chi connectivity index (χ1n) is 13.6. The first kappa shape index (κ1) is 28.9. The van der Waals surface area contributed by atoms with Gasteiger partial charge in [0, 0.05) is 42.6 Å². The Balaban J connectivity index is 1.32. The van der Waals surface area contributed by atoms with Crippen LogP contribution in [0, 0.1) is 5.92 Å². The standard InChI is InChI=1S/C29H40N4O5Si/c1-20-26(38-27(28(20)39(3,4)36)15-17-33-19-24(16-18-34)31-32-33)14-7-21-5-10-23(11-6-21)30-29(35)22-8-12-25(37-2)13-9-22/h5-6,8-13,19-20,26-28,34,36H,7,14-18H2,1-4H3,(H,30,35)/t20-,26+,27-,28+/m1/s1. The lowest BCUT2D eigenvalue weighted by molar-refractivity contribution is 0.0245. The van der Waals surface area contributed by atoms with Crippen LogP contribution in [-0.2, 0) is 24.1 Å². The van der Waals surface area contributed by atoms with Crippen LogP contribution >= 0.6 is 0 Å². The van der Waals surface area contributed by atoms with E-state index in [-0.39, 0.29) is 36.2 Å². The summed E-state index contributed by atoms with van der Waals surface area (Å²) in [5, 5.41) is 20.3. The second-order valence-corrected chi connectivity index (χ2v) is 14.9. The first-order chi connectivity index (χ1) is 18.7. The van der Waals surface area contributed by atoms with Crippen molar-refractivity contribution in [2.45, 2.75) is 70.0 Å². The number of aliphatic hydroxyl groups excluding tert-OH is 1. The number of carbonyl (C=O) groups is 1. The maximum atomic E-state index is 12.5. The second kappa shape index (κ2) is 12.9. The molecule has 0 aliphatic carbocycles. The molecule has 3 aromatic rings. The van der Waals surface area contributed by atoms with Gasteiger partial charge < -0.3 is 24.7 Å². The van der Waals surface area contributed by atoms with Gasteiger partial charge in [0.2, 0.25) is 0 Å². The van der Waals surface area contributed by atoms with Crippen molar-refractivity contribution in [2.24, 2.45) is 5.92 Å². The van der Waals surface area contributed by atoms with Gasteiger partial charge in [-0.3, -0.25) is 9.48 Å². The minimum atomic E-state index is -2.45. The normalized spacial score (nSPS) is 21.2. The van der Waals surface area contributed by atoms with Gasteiger partial charge in [-0.25, -0.2) is 0 Å². The molecule has 1 saturated heterocycles. The highest BCUT2D eigenvalue weighted by molar-refractivity contribution is 6.71. The number of benzene rings is 2. The van der Waals surface area contributed by atoms with Gasteiger partial charge >= 0.3 is 0 Å². The number of aromatic nitrogens is 3. The van der Waals surface area contributed by atoms with Crippen LogP contribution < -0.4 is 10.1 Å². The Morgan fingerprint density at radius 3 is 2.44 bits per heavy atom. The van der Waals surface area contributed by atoms with Crippen molar-refractivity contribution in [1.29, 1.82) is 0 Å². The van der Waals surface area contributed by atoms with Crippen LogP contribution in [0.2, 0.25) is 18.6 Å².